The molecule has 0 aromatic carbocycles. The molecule has 9 heteroatoms. The van der Waals surface area contributed by atoms with Crippen molar-refractivity contribution >= 4 is 34.1 Å². The summed E-state index contributed by atoms with van der Waals surface area (Å²) in [6.07, 6.45) is 9.68. The monoisotopic (exact) mass is 386 g/mol. The van der Waals surface area contributed by atoms with Crippen LogP contribution in [0.3, 0.4) is 0 Å². The molecule has 0 radical (unpaired) electrons. The number of rotatable bonds is 3. The summed E-state index contributed by atoms with van der Waals surface area (Å²) in [4.78, 5) is 33.7. The van der Waals surface area contributed by atoms with Crippen LogP contribution in [0.25, 0.3) is 0 Å². The average Bonchev–Trinajstić information content (AvgIpc) is 3.32. The number of nitrogens with zero attached hydrogens (tertiary/aromatic N) is 5. The minimum atomic E-state index is -0.0977. The maximum Gasteiger partial charge on any atom is 0.323 e. The highest BCUT2D eigenvalue weighted by molar-refractivity contribution is 7.15. The molecule has 2 aliphatic heterocycles. The van der Waals surface area contributed by atoms with E-state index < -0.39 is 0 Å². The zero-order valence-corrected chi connectivity index (χ0v) is 15.9. The second-order valence-electron chi connectivity index (χ2n) is 7.41. The number of aryl methyl sites for hydroxylation is 2. The van der Waals surface area contributed by atoms with E-state index in [9.17, 15) is 9.59 Å². The minimum Gasteiger partial charge on any atom is -0.320 e. The summed E-state index contributed by atoms with van der Waals surface area (Å²) in [6.45, 7) is 2.00. The lowest BCUT2D eigenvalue weighted by Crippen LogP contribution is -2.52. The summed E-state index contributed by atoms with van der Waals surface area (Å²) in [7, 11) is 0. The number of anilines is 2. The Bertz CT molecular complexity index is 861. The van der Waals surface area contributed by atoms with Gasteiger partial charge < -0.3 is 9.80 Å². The lowest BCUT2D eigenvalue weighted by molar-refractivity contribution is -0.117. The summed E-state index contributed by atoms with van der Waals surface area (Å²) in [5, 5.41) is 8.05. The van der Waals surface area contributed by atoms with E-state index in [4.69, 9.17) is 0 Å². The van der Waals surface area contributed by atoms with Crippen LogP contribution in [-0.4, -0.2) is 51.2 Å². The smallest absolute Gasteiger partial charge is 0.320 e. The third kappa shape index (κ3) is 3.09. The maximum absolute atomic E-state index is 12.4. The Morgan fingerprint density at radius 3 is 2.81 bits per heavy atom. The van der Waals surface area contributed by atoms with Crippen molar-refractivity contribution in [2.75, 3.05) is 29.9 Å². The molecule has 0 spiro atoms. The van der Waals surface area contributed by atoms with Crippen LogP contribution in [-0.2, 0) is 17.6 Å². The Hall–Kier alpha value is -2.42. The van der Waals surface area contributed by atoms with Crippen molar-refractivity contribution in [1.29, 1.82) is 0 Å². The highest BCUT2D eigenvalue weighted by Gasteiger charge is 2.34. The minimum absolute atomic E-state index is 0.0977. The fourth-order valence-corrected chi connectivity index (χ4v) is 4.99. The molecule has 4 heterocycles. The predicted octanol–water partition coefficient (Wildman–Crippen LogP) is 2.43. The predicted molar refractivity (Wildman–Crippen MR) is 102 cm³/mol. The van der Waals surface area contributed by atoms with Gasteiger partial charge in [-0.05, 0) is 32.1 Å². The van der Waals surface area contributed by atoms with Gasteiger partial charge in [0.05, 0.1) is 23.6 Å². The van der Waals surface area contributed by atoms with E-state index in [1.54, 1.807) is 27.3 Å². The first kappa shape index (κ1) is 16.7. The summed E-state index contributed by atoms with van der Waals surface area (Å²) in [6, 6.07) is 0.0613. The molecule has 0 bridgehead atoms. The zero-order valence-electron chi connectivity index (χ0n) is 15.1. The molecule has 0 atom stereocenters. The number of amides is 3. The van der Waals surface area contributed by atoms with Crippen LogP contribution in [0, 0.1) is 0 Å². The van der Waals surface area contributed by atoms with Crippen molar-refractivity contribution in [2.24, 2.45) is 0 Å². The number of carbonyl (C=O) groups is 2. The second-order valence-corrected chi connectivity index (χ2v) is 8.50. The average molecular weight is 386 g/mol. The first-order valence-corrected chi connectivity index (χ1v) is 10.4. The molecule has 27 heavy (non-hydrogen) atoms. The van der Waals surface area contributed by atoms with Crippen molar-refractivity contribution < 1.29 is 9.59 Å². The molecule has 2 aromatic rings. The van der Waals surface area contributed by atoms with E-state index >= 15 is 0 Å². The number of thiazole rings is 1. The third-order valence-electron chi connectivity index (χ3n) is 5.56. The SMILES string of the molecule is O=C(Nc1nc2c(s1)CCCC2)N1CC(n2cc(N3CCCC3=O)cn2)C1. The molecular formula is C18H22N6O2S. The van der Waals surface area contributed by atoms with Crippen molar-refractivity contribution in [3.63, 3.8) is 0 Å². The molecule has 3 aliphatic rings. The fraction of sp³-hybridized carbons (Fsp3) is 0.556. The highest BCUT2D eigenvalue weighted by atomic mass is 32.1. The molecule has 1 aliphatic carbocycles. The van der Waals surface area contributed by atoms with Crippen LogP contribution in [0.5, 0.6) is 0 Å². The van der Waals surface area contributed by atoms with E-state index in [1.165, 1.54) is 17.7 Å². The Morgan fingerprint density at radius 1 is 1.19 bits per heavy atom. The number of hydrogen-bond donors (Lipinski definition) is 1. The lowest BCUT2D eigenvalue weighted by Gasteiger charge is -2.38. The van der Waals surface area contributed by atoms with Crippen LogP contribution in [0.1, 0.15) is 42.3 Å². The van der Waals surface area contributed by atoms with Gasteiger partial charge in [0.25, 0.3) is 0 Å². The first-order chi connectivity index (χ1) is 13.2. The van der Waals surface area contributed by atoms with Crippen LogP contribution in [0.4, 0.5) is 15.6 Å². The summed E-state index contributed by atoms with van der Waals surface area (Å²) in [5.74, 6) is 0.162. The van der Waals surface area contributed by atoms with Gasteiger partial charge in [-0.2, -0.15) is 5.10 Å². The van der Waals surface area contributed by atoms with Gasteiger partial charge in [-0.3, -0.25) is 14.8 Å². The van der Waals surface area contributed by atoms with Gasteiger partial charge in [-0.15, -0.1) is 11.3 Å². The summed E-state index contributed by atoms with van der Waals surface area (Å²) in [5.41, 5.74) is 2.01. The number of aromatic nitrogens is 3. The lowest BCUT2D eigenvalue weighted by atomic mass is 10.0. The van der Waals surface area contributed by atoms with E-state index in [-0.39, 0.29) is 18.0 Å². The van der Waals surface area contributed by atoms with Gasteiger partial charge >= 0.3 is 6.03 Å². The van der Waals surface area contributed by atoms with Crippen molar-refractivity contribution in [3.05, 3.63) is 23.0 Å². The largest absolute Gasteiger partial charge is 0.323 e. The third-order valence-corrected chi connectivity index (χ3v) is 6.63. The summed E-state index contributed by atoms with van der Waals surface area (Å²) < 4.78 is 1.87. The number of fused-ring (bicyclic) bond motifs is 1. The Labute approximate surface area is 161 Å². The van der Waals surface area contributed by atoms with E-state index in [0.717, 1.165) is 37.2 Å². The van der Waals surface area contributed by atoms with Gasteiger partial charge in [0, 0.05) is 37.1 Å². The highest BCUT2D eigenvalue weighted by Crippen LogP contribution is 2.31. The molecule has 1 N–H and O–H groups in total. The molecule has 0 unspecified atom stereocenters. The number of likely N-dealkylation sites (tertiary alicyclic amines) is 1. The number of urea groups is 1. The van der Waals surface area contributed by atoms with Crippen LogP contribution in [0.2, 0.25) is 0 Å². The molecule has 8 nitrogen and oxygen atoms in total. The Balaban J connectivity index is 1.17. The van der Waals surface area contributed by atoms with Gasteiger partial charge in [-0.1, -0.05) is 0 Å². The number of carbonyl (C=O) groups excluding carboxylic acids is 2. The molecule has 5 rings (SSSR count). The molecule has 2 fully saturated rings. The van der Waals surface area contributed by atoms with Gasteiger partial charge in [0.2, 0.25) is 5.91 Å². The quantitative estimate of drug-likeness (QED) is 0.878. The zero-order chi connectivity index (χ0) is 18.4. The Morgan fingerprint density at radius 2 is 2.04 bits per heavy atom. The molecule has 0 saturated carbocycles. The van der Waals surface area contributed by atoms with Gasteiger partial charge in [0.15, 0.2) is 5.13 Å². The molecule has 3 amide bonds. The number of nitrogens with one attached hydrogen (secondary N) is 1. The molecule has 2 aromatic heterocycles. The first-order valence-electron chi connectivity index (χ1n) is 9.56. The van der Waals surface area contributed by atoms with E-state index in [1.807, 2.05) is 10.9 Å². The molecule has 142 valence electrons. The van der Waals surface area contributed by atoms with Crippen molar-refractivity contribution in [2.45, 2.75) is 44.6 Å². The number of hydrogen-bond acceptors (Lipinski definition) is 5. The van der Waals surface area contributed by atoms with E-state index in [0.29, 0.717) is 24.6 Å². The van der Waals surface area contributed by atoms with E-state index in [2.05, 4.69) is 15.4 Å². The molecular weight excluding hydrogens is 364 g/mol. The maximum atomic E-state index is 12.4. The second kappa shape index (κ2) is 6.63. The van der Waals surface area contributed by atoms with Crippen molar-refractivity contribution in [1.82, 2.24) is 19.7 Å². The topological polar surface area (TPSA) is 83.4 Å². The van der Waals surface area contributed by atoms with Crippen LogP contribution in [0.15, 0.2) is 12.4 Å². The summed E-state index contributed by atoms with van der Waals surface area (Å²) >= 11 is 1.61. The van der Waals surface area contributed by atoms with Crippen LogP contribution < -0.4 is 10.2 Å². The van der Waals surface area contributed by atoms with Gasteiger partial charge in [0.1, 0.15) is 0 Å². The normalized spacial score (nSPS) is 19.9. The Kier molecular flexibility index (Phi) is 4.11. The standard InChI is InChI=1S/C18H22N6O2S/c25-16-6-3-7-23(16)12-8-19-24(11-12)13-9-22(10-13)18(26)21-17-20-14-4-1-2-5-15(14)27-17/h8,11,13H,1-7,9-10H2,(H,20,21,26). The molecule has 2 saturated heterocycles. The van der Waals surface area contributed by atoms with Crippen LogP contribution >= 0.6 is 11.3 Å². The van der Waals surface area contributed by atoms with Crippen molar-refractivity contribution in [3.8, 4) is 0 Å². The fourth-order valence-electron chi connectivity index (χ4n) is 3.95. The van der Waals surface area contributed by atoms with Gasteiger partial charge in [-0.25, -0.2) is 9.78 Å².